The molecule has 2 aromatic rings. The maximum Gasteiger partial charge on any atom is 0.255 e. The van der Waals surface area contributed by atoms with Crippen LogP contribution in [-0.4, -0.2) is 30.9 Å². The number of rotatable bonds is 6. The largest absolute Gasteiger partial charge is 0.355 e. The van der Waals surface area contributed by atoms with Gasteiger partial charge in [-0.1, -0.05) is 44.2 Å². The van der Waals surface area contributed by atoms with E-state index in [1.165, 1.54) is 0 Å². The number of nitrogens with zero attached hydrogens (tertiary/aromatic N) is 1. The molecule has 130 valence electrons. The average Bonchev–Trinajstić information content (AvgIpc) is 2.55. The van der Waals surface area contributed by atoms with Gasteiger partial charge in [-0.25, -0.2) is 0 Å². The summed E-state index contributed by atoms with van der Waals surface area (Å²) < 4.78 is 0. The fourth-order valence-corrected chi connectivity index (χ4v) is 2.44. The van der Waals surface area contributed by atoms with Gasteiger partial charge in [0, 0.05) is 19.3 Å². The van der Waals surface area contributed by atoms with Gasteiger partial charge in [-0.05, 0) is 36.2 Å². The lowest BCUT2D eigenvalue weighted by molar-refractivity contribution is 0.0741. The molecule has 0 aliphatic carbocycles. The molecule has 3 N–H and O–H groups in total. The molecule has 0 aliphatic rings. The Morgan fingerprint density at radius 2 is 1.67 bits per heavy atom. The van der Waals surface area contributed by atoms with Crippen molar-refractivity contribution in [2.45, 2.75) is 13.8 Å². The van der Waals surface area contributed by atoms with Gasteiger partial charge in [0.05, 0.1) is 11.3 Å². The summed E-state index contributed by atoms with van der Waals surface area (Å²) >= 11 is 0. The number of amides is 1. The van der Waals surface area contributed by atoms with Gasteiger partial charge in [-0.2, -0.15) is 0 Å². The molecule has 0 heterocycles. The summed E-state index contributed by atoms with van der Waals surface area (Å²) in [6.45, 7) is 5.27. The van der Waals surface area contributed by atoms with E-state index in [2.05, 4.69) is 19.2 Å². The smallest absolute Gasteiger partial charge is 0.255 e. The lowest BCUT2D eigenvalue weighted by Crippen LogP contribution is -2.39. The van der Waals surface area contributed by atoms with Crippen LogP contribution in [0.4, 0.5) is 11.4 Å². The molecule has 0 saturated carbocycles. The number of anilines is 2. The van der Waals surface area contributed by atoms with Crippen molar-refractivity contribution in [1.82, 2.24) is 4.90 Å². The van der Waals surface area contributed by atoms with Crippen LogP contribution in [0.15, 0.2) is 54.6 Å². The van der Waals surface area contributed by atoms with E-state index in [4.69, 9.17) is 5.73 Å². The van der Waals surface area contributed by atoms with Crippen molar-refractivity contribution in [2.24, 2.45) is 11.1 Å². The van der Waals surface area contributed by atoms with E-state index in [1.807, 2.05) is 61.6 Å². The number of benzene rings is 2. The van der Waals surface area contributed by atoms with Crippen LogP contribution in [0, 0.1) is 5.41 Å². The van der Waals surface area contributed by atoms with Crippen molar-refractivity contribution < 1.29 is 4.79 Å². The van der Waals surface area contributed by atoms with E-state index in [9.17, 15) is 4.79 Å². The van der Waals surface area contributed by atoms with Gasteiger partial charge < -0.3 is 16.0 Å². The van der Waals surface area contributed by atoms with Gasteiger partial charge in [0.15, 0.2) is 0 Å². The van der Waals surface area contributed by atoms with Crippen LogP contribution in [0.5, 0.6) is 0 Å². The van der Waals surface area contributed by atoms with Crippen LogP contribution in [0.25, 0.3) is 0 Å². The molecule has 24 heavy (non-hydrogen) atoms. The number of halogens is 1. The molecule has 0 aliphatic heterocycles. The molecule has 2 rings (SSSR count). The van der Waals surface area contributed by atoms with E-state index in [0.29, 0.717) is 18.7 Å². The Labute approximate surface area is 150 Å². The molecule has 0 saturated heterocycles. The Kier molecular flexibility index (Phi) is 7.26. The standard InChI is InChI=1S/C19H25N3O.ClH/c1-19(2,13-20)14-22(3)18(23)16-11-7-8-12-17(16)21-15-9-5-4-6-10-15;/h4-12,21H,13-14,20H2,1-3H3;1H. The maximum absolute atomic E-state index is 12.8. The van der Waals surface area contributed by atoms with Gasteiger partial charge in [0.25, 0.3) is 5.91 Å². The highest BCUT2D eigenvalue weighted by atomic mass is 35.5. The molecule has 0 aromatic heterocycles. The zero-order valence-corrected chi connectivity index (χ0v) is 15.3. The zero-order valence-electron chi connectivity index (χ0n) is 14.5. The SMILES string of the molecule is CN(CC(C)(C)CN)C(=O)c1ccccc1Nc1ccccc1.Cl. The molecule has 1 amide bonds. The summed E-state index contributed by atoms with van der Waals surface area (Å²) in [5.74, 6) is -0.00874. The summed E-state index contributed by atoms with van der Waals surface area (Å²) in [5.41, 5.74) is 8.09. The minimum atomic E-state index is -0.105. The number of carbonyl (C=O) groups excluding carboxylic acids is 1. The second-order valence-corrected chi connectivity index (χ2v) is 6.57. The van der Waals surface area contributed by atoms with E-state index >= 15 is 0 Å². The summed E-state index contributed by atoms with van der Waals surface area (Å²) in [5, 5.41) is 3.31. The Hall–Kier alpha value is -2.04. The molecule has 0 bridgehead atoms. The van der Waals surface area contributed by atoms with Crippen LogP contribution < -0.4 is 11.1 Å². The predicted octanol–water partition coefficient (Wildman–Crippen LogP) is 3.91. The van der Waals surface area contributed by atoms with Gasteiger partial charge in [-0.3, -0.25) is 4.79 Å². The summed E-state index contributed by atoms with van der Waals surface area (Å²) in [7, 11) is 1.82. The lowest BCUT2D eigenvalue weighted by Gasteiger charge is -2.29. The van der Waals surface area contributed by atoms with E-state index < -0.39 is 0 Å². The molecular formula is C19H26ClN3O. The predicted molar refractivity (Wildman–Crippen MR) is 103 cm³/mol. The third-order valence-electron chi connectivity index (χ3n) is 3.77. The molecule has 0 spiro atoms. The number of hydrogen-bond donors (Lipinski definition) is 2. The minimum absolute atomic E-state index is 0. The van der Waals surface area contributed by atoms with Gasteiger partial charge in [0.1, 0.15) is 0 Å². The highest BCUT2D eigenvalue weighted by Gasteiger charge is 2.23. The van der Waals surface area contributed by atoms with Crippen molar-refractivity contribution >= 4 is 29.7 Å². The second-order valence-electron chi connectivity index (χ2n) is 6.57. The topological polar surface area (TPSA) is 58.4 Å². The van der Waals surface area contributed by atoms with Crippen LogP contribution >= 0.6 is 12.4 Å². The molecule has 5 heteroatoms. The number of carbonyl (C=O) groups is 1. The van der Waals surface area contributed by atoms with Crippen molar-refractivity contribution in [3.8, 4) is 0 Å². The Morgan fingerprint density at radius 3 is 2.29 bits per heavy atom. The summed E-state index contributed by atoms with van der Waals surface area (Å²) in [6, 6.07) is 17.4. The first-order valence-corrected chi connectivity index (χ1v) is 7.79. The molecular weight excluding hydrogens is 322 g/mol. The highest BCUT2D eigenvalue weighted by molar-refractivity contribution is 6.00. The lowest BCUT2D eigenvalue weighted by atomic mass is 9.93. The van der Waals surface area contributed by atoms with Crippen LogP contribution in [0.3, 0.4) is 0 Å². The second kappa shape index (κ2) is 8.71. The molecule has 0 radical (unpaired) electrons. The van der Waals surface area contributed by atoms with Crippen LogP contribution in [0.2, 0.25) is 0 Å². The van der Waals surface area contributed by atoms with E-state index in [1.54, 1.807) is 4.90 Å². The summed E-state index contributed by atoms with van der Waals surface area (Å²) in [6.07, 6.45) is 0. The van der Waals surface area contributed by atoms with Crippen molar-refractivity contribution in [3.63, 3.8) is 0 Å². The third-order valence-corrected chi connectivity index (χ3v) is 3.77. The van der Waals surface area contributed by atoms with E-state index in [-0.39, 0.29) is 23.7 Å². The zero-order chi connectivity index (χ0) is 16.9. The van der Waals surface area contributed by atoms with Gasteiger partial charge >= 0.3 is 0 Å². The van der Waals surface area contributed by atoms with Crippen molar-refractivity contribution in [2.75, 3.05) is 25.5 Å². The van der Waals surface area contributed by atoms with E-state index in [0.717, 1.165) is 11.4 Å². The molecule has 0 unspecified atom stereocenters. The number of nitrogens with one attached hydrogen (secondary N) is 1. The van der Waals surface area contributed by atoms with Crippen LogP contribution in [-0.2, 0) is 0 Å². The Bertz CT molecular complexity index is 659. The molecule has 0 atom stereocenters. The first-order valence-electron chi connectivity index (χ1n) is 7.79. The first-order chi connectivity index (χ1) is 10.9. The Morgan fingerprint density at radius 1 is 1.08 bits per heavy atom. The Balaban J connectivity index is 0.00000288. The van der Waals surface area contributed by atoms with Crippen molar-refractivity contribution in [3.05, 3.63) is 60.2 Å². The normalized spacial score (nSPS) is 10.7. The number of nitrogens with two attached hydrogens (primary N) is 1. The third kappa shape index (κ3) is 5.25. The maximum atomic E-state index is 12.8. The fraction of sp³-hybridized carbons (Fsp3) is 0.316. The fourth-order valence-electron chi connectivity index (χ4n) is 2.44. The number of hydrogen-bond acceptors (Lipinski definition) is 3. The van der Waals surface area contributed by atoms with Crippen molar-refractivity contribution in [1.29, 1.82) is 0 Å². The van der Waals surface area contributed by atoms with Crippen LogP contribution in [0.1, 0.15) is 24.2 Å². The van der Waals surface area contributed by atoms with Gasteiger partial charge in [0.2, 0.25) is 0 Å². The molecule has 4 nitrogen and oxygen atoms in total. The molecule has 2 aromatic carbocycles. The number of para-hydroxylation sites is 2. The quantitative estimate of drug-likeness (QED) is 0.832. The van der Waals surface area contributed by atoms with Gasteiger partial charge in [-0.15, -0.1) is 12.4 Å². The molecule has 0 fully saturated rings. The first kappa shape index (κ1) is 20.0. The highest BCUT2D eigenvalue weighted by Crippen LogP contribution is 2.23. The summed E-state index contributed by atoms with van der Waals surface area (Å²) in [4.78, 5) is 14.5. The average molecular weight is 348 g/mol. The monoisotopic (exact) mass is 347 g/mol. The minimum Gasteiger partial charge on any atom is -0.355 e.